The number of benzene rings is 4. The smallest absolute Gasteiger partial charge is 0.444 e. The van der Waals surface area contributed by atoms with E-state index < -0.39 is 65.7 Å². The molecular weight excluding hydrogens is 616 g/mol. The topological polar surface area (TPSA) is 181 Å². The van der Waals surface area contributed by atoms with Gasteiger partial charge in [0.15, 0.2) is 0 Å². The quantitative estimate of drug-likeness (QED) is 0.0868. The average molecular weight is 644 g/mol. The second kappa shape index (κ2) is 16.9. The van der Waals surface area contributed by atoms with E-state index in [2.05, 4.69) is 0 Å². The molecule has 0 bridgehead atoms. The van der Waals surface area contributed by atoms with Gasteiger partial charge in [0.1, 0.15) is 23.3 Å². The number of halogens is 4. The lowest BCUT2D eigenvalue weighted by molar-refractivity contribution is 0.275. The Kier molecular flexibility index (Phi) is 13.5. The Balaban J connectivity index is 0.000000401. The van der Waals surface area contributed by atoms with Gasteiger partial charge < -0.3 is 49.7 Å². The third-order valence-corrected chi connectivity index (χ3v) is 6.88. The molecule has 240 valence electrons. The molecule has 8 N–H and O–H groups in total. The standard InChI is InChI=1S/C21H20B3F3O7.C7H6BFO2.H2O/c25-16-1-4-19(13(7-16)10-28)22(31)33-24(21-6-3-18(27)9-15(21)12-30)34-23(32)20-5-2-17(26)8-14(20)11-29;9-6-1-2-7-5(3-6)4-11-8(7)10;/h1-9,28-32H,10-12H2;1-3,10H,4H2;1H2. The van der Waals surface area contributed by atoms with Crippen LogP contribution < -0.4 is 21.9 Å². The second-order valence-corrected chi connectivity index (χ2v) is 9.82. The maximum atomic E-state index is 13.7. The average Bonchev–Trinajstić information content (AvgIpc) is 3.39. The van der Waals surface area contributed by atoms with Crippen LogP contribution >= 0.6 is 0 Å². The van der Waals surface area contributed by atoms with Gasteiger partial charge in [-0.1, -0.05) is 24.3 Å². The fourth-order valence-electron chi connectivity index (χ4n) is 4.60. The van der Waals surface area contributed by atoms with E-state index in [1.807, 2.05) is 0 Å². The zero-order valence-corrected chi connectivity index (χ0v) is 24.0. The molecule has 0 saturated carbocycles. The zero-order chi connectivity index (χ0) is 32.7. The highest BCUT2D eigenvalue weighted by molar-refractivity contribution is 6.79. The molecule has 0 aromatic heterocycles. The van der Waals surface area contributed by atoms with E-state index in [-0.39, 0.29) is 44.4 Å². The van der Waals surface area contributed by atoms with E-state index in [0.717, 1.165) is 42.0 Å². The summed E-state index contributed by atoms with van der Waals surface area (Å²) < 4.78 is 69.3. The number of hydrogen-bond donors (Lipinski definition) is 6. The third kappa shape index (κ3) is 9.04. The SMILES string of the molecule is O.OB1OCc2cc(F)ccc21.OCc1cc(F)ccc1B(O)OB(OB(O)c1ccc(F)cc1CO)c1ccc(F)cc1CO. The van der Waals surface area contributed by atoms with Crippen molar-refractivity contribution in [2.75, 3.05) is 0 Å². The molecule has 46 heavy (non-hydrogen) atoms. The van der Waals surface area contributed by atoms with Gasteiger partial charge in [-0.25, -0.2) is 17.6 Å². The first kappa shape index (κ1) is 36.9. The Labute approximate surface area is 262 Å². The van der Waals surface area contributed by atoms with Crippen LogP contribution in [0.3, 0.4) is 0 Å². The summed E-state index contributed by atoms with van der Waals surface area (Å²) in [6.45, 7) is -1.57. The van der Waals surface area contributed by atoms with Crippen LogP contribution in [0, 0.1) is 23.3 Å². The minimum absolute atomic E-state index is 0. The number of fused-ring (bicyclic) bond motifs is 1. The molecule has 1 aliphatic heterocycles. The molecular formula is C28H28B4F4O10. The molecule has 5 rings (SSSR count). The van der Waals surface area contributed by atoms with Crippen LogP contribution in [0.15, 0.2) is 72.8 Å². The third-order valence-electron chi connectivity index (χ3n) is 6.88. The molecule has 10 nitrogen and oxygen atoms in total. The Morgan fingerprint density at radius 1 is 0.630 bits per heavy atom. The van der Waals surface area contributed by atoms with Gasteiger partial charge in [0.2, 0.25) is 0 Å². The fraction of sp³-hybridized carbons (Fsp3) is 0.143. The van der Waals surface area contributed by atoms with Crippen LogP contribution in [-0.2, 0) is 40.2 Å². The normalized spacial score (nSPS) is 11.7. The minimum atomic E-state index is -1.80. The molecule has 0 radical (unpaired) electrons. The van der Waals surface area contributed by atoms with Gasteiger partial charge in [-0.2, -0.15) is 0 Å². The van der Waals surface area contributed by atoms with Crippen LogP contribution in [0.1, 0.15) is 22.3 Å². The van der Waals surface area contributed by atoms with E-state index in [0.29, 0.717) is 12.1 Å². The lowest BCUT2D eigenvalue weighted by Gasteiger charge is -2.23. The predicted molar refractivity (Wildman–Crippen MR) is 162 cm³/mol. The first-order chi connectivity index (χ1) is 21.5. The Bertz CT molecular complexity index is 1560. The van der Waals surface area contributed by atoms with Crippen LogP contribution in [-0.4, -0.2) is 64.3 Å². The molecule has 0 unspecified atom stereocenters. The van der Waals surface area contributed by atoms with Crippen molar-refractivity contribution in [2.45, 2.75) is 26.4 Å². The number of aliphatic hydroxyl groups is 3. The van der Waals surface area contributed by atoms with Gasteiger partial charge >= 0.3 is 28.5 Å². The summed E-state index contributed by atoms with van der Waals surface area (Å²) in [5, 5.41) is 59.1. The second-order valence-electron chi connectivity index (χ2n) is 9.82. The highest BCUT2D eigenvalue weighted by Crippen LogP contribution is 2.11. The van der Waals surface area contributed by atoms with Crippen molar-refractivity contribution in [3.8, 4) is 0 Å². The minimum Gasteiger partial charge on any atom is -0.444 e. The zero-order valence-electron chi connectivity index (χ0n) is 24.0. The van der Waals surface area contributed by atoms with Gasteiger partial charge in [0.25, 0.3) is 0 Å². The highest BCUT2D eigenvalue weighted by Gasteiger charge is 2.36. The number of aliphatic hydroxyl groups excluding tert-OH is 3. The molecule has 4 aromatic rings. The Morgan fingerprint density at radius 3 is 1.48 bits per heavy atom. The molecule has 4 aromatic carbocycles. The molecule has 1 aliphatic rings. The molecule has 0 saturated heterocycles. The van der Waals surface area contributed by atoms with E-state index in [9.17, 15) is 42.9 Å². The van der Waals surface area contributed by atoms with Gasteiger partial charge in [-0.15, -0.1) is 0 Å². The summed E-state index contributed by atoms with van der Waals surface area (Å²) in [5.41, 5.74) is 1.51. The summed E-state index contributed by atoms with van der Waals surface area (Å²) in [7, 11) is -6.10. The van der Waals surface area contributed by atoms with Crippen molar-refractivity contribution in [1.29, 1.82) is 0 Å². The summed E-state index contributed by atoms with van der Waals surface area (Å²) in [5.74, 6) is -2.27. The summed E-state index contributed by atoms with van der Waals surface area (Å²) in [4.78, 5) is 0. The molecule has 0 amide bonds. The first-order valence-corrected chi connectivity index (χ1v) is 13.5. The maximum absolute atomic E-state index is 13.7. The van der Waals surface area contributed by atoms with Crippen molar-refractivity contribution >= 4 is 50.3 Å². The van der Waals surface area contributed by atoms with Crippen molar-refractivity contribution in [3.05, 3.63) is 118 Å². The van der Waals surface area contributed by atoms with Crippen molar-refractivity contribution < 1.29 is 67.2 Å². The van der Waals surface area contributed by atoms with Crippen LogP contribution in [0.5, 0.6) is 0 Å². The Morgan fingerprint density at radius 2 is 1.02 bits per heavy atom. The largest absolute Gasteiger partial charge is 0.491 e. The van der Waals surface area contributed by atoms with E-state index in [4.69, 9.17) is 18.8 Å². The lowest BCUT2D eigenvalue weighted by atomic mass is 9.65. The summed E-state index contributed by atoms with van der Waals surface area (Å²) in [6, 6.07) is 13.9. The van der Waals surface area contributed by atoms with Gasteiger partial charge in [-0.3, -0.25) is 0 Å². The van der Waals surface area contributed by atoms with Crippen LogP contribution in [0.25, 0.3) is 0 Å². The maximum Gasteiger partial charge on any atom is 0.491 e. The highest BCUT2D eigenvalue weighted by atomic mass is 19.1. The van der Waals surface area contributed by atoms with Crippen molar-refractivity contribution in [3.63, 3.8) is 0 Å². The summed E-state index contributed by atoms with van der Waals surface area (Å²) in [6.07, 6.45) is 0. The first-order valence-electron chi connectivity index (χ1n) is 13.5. The molecule has 0 atom stereocenters. The predicted octanol–water partition coefficient (Wildman–Crippen LogP) is -1.70. The fourth-order valence-corrected chi connectivity index (χ4v) is 4.60. The van der Waals surface area contributed by atoms with Gasteiger partial charge in [-0.05, 0) is 92.6 Å². The van der Waals surface area contributed by atoms with Crippen LogP contribution in [0.4, 0.5) is 17.6 Å². The molecule has 0 fully saturated rings. The molecule has 18 heteroatoms. The number of hydrogen-bond acceptors (Lipinski definition) is 9. The molecule has 1 heterocycles. The Hall–Kier alpha value is -3.54. The van der Waals surface area contributed by atoms with Gasteiger partial charge in [0, 0.05) is 0 Å². The van der Waals surface area contributed by atoms with Gasteiger partial charge in [0.05, 0.1) is 26.4 Å². The van der Waals surface area contributed by atoms with E-state index >= 15 is 0 Å². The molecule has 0 spiro atoms. The summed E-state index contributed by atoms with van der Waals surface area (Å²) >= 11 is 0. The van der Waals surface area contributed by atoms with E-state index in [1.165, 1.54) is 30.3 Å². The molecule has 0 aliphatic carbocycles. The van der Waals surface area contributed by atoms with Crippen molar-refractivity contribution in [2.24, 2.45) is 0 Å². The monoisotopic (exact) mass is 644 g/mol. The number of rotatable bonds is 10. The van der Waals surface area contributed by atoms with E-state index in [1.54, 1.807) is 6.07 Å². The van der Waals surface area contributed by atoms with Crippen molar-refractivity contribution in [1.82, 2.24) is 0 Å². The lowest BCUT2D eigenvalue weighted by Crippen LogP contribution is -2.53. The van der Waals surface area contributed by atoms with Crippen LogP contribution in [0.2, 0.25) is 0 Å².